The van der Waals surface area contributed by atoms with Gasteiger partial charge in [0.05, 0.1) is 11.9 Å². The number of hydrogen-bond donors (Lipinski definition) is 1. The molecule has 0 fully saturated rings. The van der Waals surface area contributed by atoms with Gasteiger partial charge in [0, 0.05) is 19.5 Å². The summed E-state index contributed by atoms with van der Waals surface area (Å²) in [5.41, 5.74) is 2.83. The molecule has 0 aliphatic rings. The van der Waals surface area contributed by atoms with Gasteiger partial charge >= 0.3 is 0 Å². The van der Waals surface area contributed by atoms with Gasteiger partial charge < -0.3 is 10.2 Å². The van der Waals surface area contributed by atoms with Crippen molar-refractivity contribution in [2.45, 2.75) is 39.8 Å². The predicted octanol–water partition coefficient (Wildman–Crippen LogP) is 4.31. The van der Waals surface area contributed by atoms with Crippen molar-refractivity contribution in [1.82, 2.24) is 10.2 Å². The highest BCUT2D eigenvalue weighted by Crippen LogP contribution is 2.21. The van der Waals surface area contributed by atoms with E-state index in [4.69, 9.17) is 0 Å². The largest absolute Gasteiger partial charge is 0.354 e. The van der Waals surface area contributed by atoms with Gasteiger partial charge in [-0.15, -0.1) is 0 Å². The number of benzene rings is 3. The van der Waals surface area contributed by atoms with Crippen molar-refractivity contribution in [2.24, 2.45) is 5.92 Å². The molecule has 9 heteroatoms. The second kappa shape index (κ2) is 13.4. The average Bonchev–Trinajstić information content (AvgIpc) is 2.88. The Balaban J connectivity index is 2.04. The molecule has 3 aromatic carbocycles. The number of sulfonamides is 1. The van der Waals surface area contributed by atoms with Crippen LogP contribution in [0.25, 0.3) is 0 Å². The van der Waals surface area contributed by atoms with Gasteiger partial charge in [-0.25, -0.2) is 12.8 Å². The highest BCUT2D eigenvalue weighted by molar-refractivity contribution is 7.92. The minimum atomic E-state index is -3.90. The summed E-state index contributed by atoms with van der Waals surface area (Å²) in [7, 11) is -3.90. The van der Waals surface area contributed by atoms with E-state index in [2.05, 4.69) is 5.32 Å². The van der Waals surface area contributed by atoms with Crippen LogP contribution in [0.4, 0.5) is 10.1 Å². The van der Waals surface area contributed by atoms with Crippen LogP contribution in [0.3, 0.4) is 0 Å². The molecule has 0 heterocycles. The van der Waals surface area contributed by atoms with Crippen LogP contribution in [0.1, 0.15) is 30.5 Å². The fourth-order valence-corrected chi connectivity index (χ4v) is 5.05. The lowest BCUT2D eigenvalue weighted by atomic mass is 10.0. The van der Waals surface area contributed by atoms with Crippen LogP contribution < -0.4 is 9.62 Å². The summed E-state index contributed by atoms with van der Waals surface area (Å²) in [5.74, 6) is -1.19. The Hall–Kier alpha value is -3.72. The van der Waals surface area contributed by atoms with Gasteiger partial charge in [0.1, 0.15) is 18.4 Å². The first-order valence-corrected chi connectivity index (χ1v) is 14.7. The van der Waals surface area contributed by atoms with Crippen LogP contribution in [0.2, 0.25) is 0 Å². The van der Waals surface area contributed by atoms with E-state index >= 15 is 0 Å². The molecule has 2 amide bonds. The third-order valence-corrected chi connectivity index (χ3v) is 7.33. The van der Waals surface area contributed by atoms with Gasteiger partial charge in [-0.05, 0) is 48.2 Å². The number of hydrogen-bond acceptors (Lipinski definition) is 4. The molecule has 0 aromatic heterocycles. The van der Waals surface area contributed by atoms with Crippen molar-refractivity contribution < 1.29 is 22.4 Å². The van der Waals surface area contributed by atoms with Gasteiger partial charge in [0.25, 0.3) is 0 Å². The summed E-state index contributed by atoms with van der Waals surface area (Å²) in [6, 6.07) is 21.0. The second-order valence-electron chi connectivity index (χ2n) is 10.1. The number of nitrogens with one attached hydrogen (secondary N) is 1. The van der Waals surface area contributed by atoms with Crippen molar-refractivity contribution >= 4 is 27.5 Å². The highest BCUT2D eigenvalue weighted by Gasteiger charge is 2.33. The number of nitrogens with zero attached hydrogens (tertiary/aromatic N) is 2. The van der Waals surface area contributed by atoms with E-state index in [1.165, 1.54) is 17.0 Å². The molecule has 1 N–H and O–H groups in total. The number of carbonyl (C=O) groups is 2. The van der Waals surface area contributed by atoms with E-state index in [-0.39, 0.29) is 30.5 Å². The number of anilines is 1. The van der Waals surface area contributed by atoms with E-state index in [0.29, 0.717) is 6.54 Å². The summed E-state index contributed by atoms with van der Waals surface area (Å²) in [6.45, 7) is 5.89. The maximum absolute atomic E-state index is 14.0. The van der Waals surface area contributed by atoms with Crippen molar-refractivity contribution in [2.75, 3.05) is 23.7 Å². The Labute approximate surface area is 230 Å². The lowest BCUT2D eigenvalue weighted by molar-refractivity contribution is -0.140. The first-order chi connectivity index (χ1) is 18.4. The van der Waals surface area contributed by atoms with Crippen LogP contribution in [0, 0.1) is 18.7 Å². The topological polar surface area (TPSA) is 86.8 Å². The summed E-state index contributed by atoms with van der Waals surface area (Å²) in [5, 5.41) is 2.95. The third kappa shape index (κ3) is 8.92. The van der Waals surface area contributed by atoms with Crippen molar-refractivity contribution in [3.8, 4) is 0 Å². The maximum Gasteiger partial charge on any atom is 0.244 e. The lowest BCUT2D eigenvalue weighted by Crippen LogP contribution is -2.53. The fraction of sp³-hybridized carbons (Fsp3) is 0.333. The number of amides is 2. The number of rotatable bonds is 12. The van der Waals surface area contributed by atoms with Crippen molar-refractivity contribution in [3.05, 3.63) is 101 Å². The van der Waals surface area contributed by atoms with E-state index in [1.807, 2.05) is 75.4 Å². The summed E-state index contributed by atoms with van der Waals surface area (Å²) in [4.78, 5) is 29.0. The van der Waals surface area contributed by atoms with Gasteiger partial charge in [-0.1, -0.05) is 74.0 Å². The lowest BCUT2D eigenvalue weighted by Gasteiger charge is -2.33. The smallest absolute Gasteiger partial charge is 0.244 e. The molecule has 0 saturated heterocycles. The van der Waals surface area contributed by atoms with E-state index in [0.717, 1.165) is 39.4 Å². The van der Waals surface area contributed by atoms with Crippen LogP contribution in [-0.2, 0) is 32.6 Å². The normalized spacial score (nSPS) is 12.2. The van der Waals surface area contributed by atoms with E-state index in [9.17, 15) is 22.4 Å². The highest BCUT2D eigenvalue weighted by atomic mass is 32.2. The predicted molar refractivity (Wildman–Crippen MR) is 152 cm³/mol. The summed E-state index contributed by atoms with van der Waals surface area (Å²) < 4.78 is 40.0. The Morgan fingerprint density at radius 3 is 2.15 bits per heavy atom. The number of carbonyl (C=O) groups excluding carboxylic acids is 2. The van der Waals surface area contributed by atoms with Gasteiger partial charge in [-0.3, -0.25) is 13.9 Å². The molecular weight excluding hydrogens is 517 g/mol. The van der Waals surface area contributed by atoms with Crippen molar-refractivity contribution in [1.29, 1.82) is 0 Å². The Bertz CT molecular complexity index is 1360. The monoisotopic (exact) mass is 553 g/mol. The number of aryl methyl sites for hydroxylation is 1. The molecule has 0 bridgehead atoms. The van der Waals surface area contributed by atoms with Crippen LogP contribution >= 0.6 is 0 Å². The minimum absolute atomic E-state index is 0.105. The molecule has 208 valence electrons. The summed E-state index contributed by atoms with van der Waals surface area (Å²) >= 11 is 0. The Morgan fingerprint density at radius 1 is 0.923 bits per heavy atom. The quantitative estimate of drug-likeness (QED) is 0.362. The fourth-order valence-electron chi connectivity index (χ4n) is 4.20. The first kappa shape index (κ1) is 29.8. The molecule has 0 unspecified atom stereocenters. The molecule has 3 aromatic rings. The zero-order valence-electron chi connectivity index (χ0n) is 22.8. The van der Waals surface area contributed by atoms with Crippen LogP contribution in [0.15, 0.2) is 78.9 Å². The van der Waals surface area contributed by atoms with E-state index < -0.39 is 34.3 Å². The maximum atomic E-state index is 14.0. The van der Waals surface area contributed by atoms with Crippen LogP contribution in [-0.4, -0.2) is 50.5 Å². The first-order valence-electron chi connectivity index (χ1n) is 12.8. The standard InChI is InChI=1S/C30H36FN3O4S/c1-22(2)19-32-30(36)28(18-24-10-6-5-7-11-24)33(20-25-12-8-9-23(3)17-25)29(35)21-34(39(4,37)38)27-15-13-26(31)14-16-27/h5-17,22,28H,18-21H2,1-4H3,(H,32,36)/t28-/m1/s1. The SMILES string of the molecule is Cc1cccc(CN(C(=O)CN(c2ccc(F)cc2)S(C)(=O)=O)[C@H](Cc2ccccc2)C(=O)NCC(C)C)c1. The number of halogens is 1. The average molecular weight is 554 g/mol. The summed E-state index contributed by atoms with van der Waals surface area (Å²) in [6.07, 6.45) is 1.24. The third-order valence-electron chi connectivity index (χ3n) is 6.18. The zero-order chi connectivity index (χ0) is 28.6. The molecule has 0 aliphatic heterocycles. The van der Waals surface area contributed by atoms with Gasteiger partial charge in [0.15, 0.2) is 0 Å². The molecule has 0 spiro atoms. The Kier molecular flexibility index (Phi) is 10.2. The molecule has 0 radical (unpaired) electrons. The molecular formula is C30H36FN3O4S. The molecule has 0 aliphatic carbocycles. The Morgan fingerprint density at radius 2 is 1.56 bits per heavy atom. The second-order valence-corrected chi connectivity index (χ2v) is 12.0. The van der Waals surface area contributed by atoms with Crippen LogP contribution in [0.5, 0.6) is 0 Å². The van der Waals surface area contributed by atoms with Gasteiger partial charge in [0.2, 0.25) is 21.8 Å². The van der Waals surface area contributed by atoms with Crippen molar-refractivity contribution in [3.63, 3.8) is 0 Å². The molecule has 0 saturated carbocycles. The molecule has 1 atom stereocenters. The zero-order valence-corrected chi connectivity index (χ0v) is 23.6. The molecule has 3 rings (SSSR count). The van der Waals surface area contributed by atoms with E-state index in [1.54, 1.807) is 0 Å². The minimum Gasteiger partial charge on any atom is -0.354 e. The van der Waals surface area contributed by atoms with Gasteiger partial charge in [-0.2, -0.15) is 0 Å². The molecule has 7 nitrogen and oxygen atoms in total. The molecule has 39 heavy (non-hydrogen) atoms.